The highest BCUT2D eigenvalue weighted by molar-refractivity contribution is 5.98. The van der Waals surface area contributed by atoms with Gasteiger partial charge in [0.2, 0.25) is 5.95 Å². The molecule has 60 heavy (non-hydrogen) atoms. The number of phenols is 2. The third kappa shape index (κ3) is 8.02. The van der Waals surface area contributed by atoms with E-state index in [9.17, 15) is 19.8 Å². The molecular weight excluding hydrogens is 763 g/mol. The number of anilines is 2. The Bertz CT molecular complexity index is 2410. The fourth-order valence-corrected chi connectivity index (χ4v) is 8.56. The Morgan fingerprint density at radius 3 is 2.28 bits per heavy atom. The maximum absolute atomic E-state index is 13.9. The van der Waals surface area contributed by atoms with Crippen LogP contribution >= 0.6 is 0 Å². The van der Waals surface area contributed by atoms with Gasteiger partial charge in [-0.05, 0) is 71.3 Å². The molecule has 9 rings (SSSR count). The fourth-order valence-electron chi connectivity index (χ4n) is 8.56. The maximum atomic E-state index is 13.9. The van der Waals surface area contributed by atoms with Crippen LogP contribution in [0.4, 0.5) is 11.8 Å². The van der Waals surface area contributed by atoms with E-state index in [0.29, 0.717) is 75.0 Å². The molecule has 4 aliphatic heterocycles. The molecule has 0 spiro atoms. The molecule has 2 fully saturated rings. The van der Waals surface area contributed by atoms with E-state index in [1.54, 1.807) is 23.4 Å². The highest BCUT2D eigenvalue weighted by atomic mass is 16.5. The molecule has 0 atom stereocenters. The Hall–Kier alpha value is -6.32. The van der Waals surface area contributed by atoms with Crippen LogP contribution in [0.15, 0.2) is 67.0 Å². The first-order valence-corrected chi connectivity index (χ1v) is 20.6. The standard InChI is InChI=1S/C45H49N9O6/c1-27(2)35-18-36(40(56)19-39(35)55)44(58)53-23-30-7-8-34(17-31(30)24-53)60-33-9-11-51(12-10-33)22-28-3-5-29(6-4-28)43(57)54-25-37-38(26-54)49-41(32-20-47-45(46)48-21-32)50-42(37)52-13-15-59-16-14-52/h3-8,17-21,27,33,55-56H,9-16,22-26H2,1-2H3,(H2,46,47,48). The second-order valence-corrected chi connectivity index (χ2v) is 16.4. The van der Waals surface area contributed by atoms with Crippen molar-refractivity contribution in [1.29, 1.82) is 0 Å². The van der Waals surface area contributed by atoms with Gasteiger partial charge in [-0.2, -0.15) is 0 Å². The van der Waals surface area contributed by atoms with E-state index in [1.807, 2.05) is 61.2 Å². The van der Waals surface area contributed by atoms with Crippen LogP contribution in [0.5, 0.6) is 17.2 Å². The molecule has 6 heterocycles. The van der Waals surface area contributed by atoms with Crippen molar-refractivity contribution < 1.29 is 29.3 Å². The Balaban J connectivity index is 0.781. The molecule has 3 aromatic carbocycles. The second-order valence-electron chi connectivity index (χ2n) is 16.4. The predicted molar refractivity (Wildman–Crippen MR) is 223 cm³/mol. The van der Waals surface area contributed by atoms with Crippen LogP contribution in [-0.4, -0.2) is 102 Å². The van der Waals surface area contributed by atoms with Crippen LogP contribution < -0.4 is 15.4 Å². The number of carbonyl (C=O) groups is 2. The molecule has 310 valence electrons. The van der Waals surface area contributed by atoms with Gasteiger partial charge in [0.25, 0.3) is 11.8 Å². The van der Waals surface area contributed by atoms with Crippen molar-refractivity contribution in [3.8, 4) is 28.6 Å². The van der Waals surface area contributed by atoms with Crippen LogP contribution in [0, 0.1) is 0 Å². The zero-order chi connectivity index (χ0) is 41.5. The van der Waals surface area contributed by atoms with Crippen LogP contribution in [-0.2, 0) is 37.5 Å². The van der Waals surface area contributed by atoms with Crippen LogP contribution in [0.2, 0.25) is 0 Å². The Kier molecular flexibility index (Phi) is 10.7. The molecule has 4 aliphatic rings. The van der Waals surface area contributed by atoms with E-state index in [0.717, 1.165) is 72.0 Å². The summed E-state index contributed by atoms with van der Waals surface area (Å²) in [6.07, 6.45) is 5.09. The number of benzene rings is 3. The summed E-state index contributed by atoms with van der Waals surface area (Å²) in [5, 5.41) is 20.7. The highest BCUT2D eigenvalue weighted by Gasteiger charge is 2.32. The SMILES string of the molecule is CC(C)c1cc(C(=O)N2Cc3ccc(OC4CCN(Cc5ccc(C(=O)N6Cc7nc(-c8cnc(N)nc8)nc(N8CCOCC8)c7C6)cc5)CC4)cc3C2)c(O)cc1O. The maximum Gasteiger partial charge on any atom is 0.258 e. The third-order valence-corrected chi connectivity index (χ3v) is 11.9. The van der Waals surface area contributed by atoms with Crippen molar-refractivity contribution in [3.05, 3.63) is 112 Å². The summed E-state index contributed by atoms with van der Waals surface area (Å²) in [6.45, 7) is 10.7. The zero-order valence-corrected chi connectivity index (χ0v) is 33.9. The molecule has 0 saturated carbocycles. The first kappa shape index (κ1) is 39.2. The van der Waals surface area contributed by atoms with Gasteiger partial charge in [-0.15, -0.1) is 0 Å². The number of fused-ring (bicyclic) bond motifs is 2. The number of hydrogen-bond acceptors (Lipinski definition) is 13. The number of hydrogen-bond donors (Lipinski definition) is 3. The van der Waals surface area contributed by atoms with Gasteiger partial charge in [0.15, 0.2) is 5.82 Å². The minimum atomic E-state index is -0.269. The van der Waals surface area contributed by atoms with E-state index in [1.165, 1.54) is 6.07 Å². The quantitative estimate of drug-likeness (QED) is 0.176. The molecule has 2 aromatic heterocycles. The molecule has 0 bridgehead atoms. The van der Waals surface area contributed by atoms with Crippen molar-refractivity contribution in [2.75, 3.05) is 50.0 Å². The lowest BCUT2D eigenvalue weighted by Crippen LogP contribution is -2.37. The van der Waals surface area contributed by atoms with E-state index < -0.39 is 0 Å². The van der Waals surface area contributed by atoms with Crippen molar-refractivity contribution >= 4 is 23.6 Å². The normalized spacial score (nSPS) is 16.9. The molecule has 15 nitrogen and oxygen atoms in total. The number of nitrogens with two attached hydrogens (primary N) is 1. The lowest BCUT2D eigenvalue weighted by molar-refractivity contribution is 0.0742. The second kappa shape index (κ2) is 16.4. The number of aromatic hydroxyl groups is 2. The summed E-state index contributed by atoms with van der Waals surface area (Å²) < 4.78 is 12.1. The summed E-state index contributed by atoms with van der Waals surface area (Å²) in [6, 6.07) is 16.8. The average molecular weight is 812 g/mol. The zero-order valence-electron chi connectivity index (χ0n) is 33.9. The summed E-state index contributed by atoms with van der Waals surface area (Å²) >= 11 is 0. The summed E-state index contributed by atoms with van der Waals surface area (Å²) in [4.78, 5) is 53.5. The smallest absolute Gasteiger partial charge is 0.258 e. The minimum absolute atomic E-state index is 0.00500. The van der Waals surface area contributed by atoms with Gasteiger partial charge in [-0.3, -0.25) is 14.5 Å². The van der Waals surface area contributed by atoms with Crippen molar-refractivity contribution in [2.45, 2.75) is 71.4 Å². The third-order valence-electron chi connectivity index (χ3n) is 11.9. The predicted octanol–water partition coefficient (Wildman–Crippen LogP) is 5.24. The number of morpholine rings is 1. The molecule has 15 heteroatoms. The number of ether oxygens (including phenoxy) is 2. The van der Waals surface area contributed by atoms with Gasteiger partial charge in [0.1, 0.15) is 29.2 Å². The lowest BCUT2D eigenvalue weighted by atomic mass is 9.98. The molecule has 0 aliphatic carbocycles. The monoisotopic (exact) mass is 811 g/mol. The molecular formula is C45H49N9O6. The number of likely N-dealkylation sites (tertiary alicyclic amines) is 1. The summed E-state index contributed by atoms with van der Waals surface area (Å²) in [7, 11) is 0. The molecule has 0 radical (unpaired) electrons. The largest absolute Gasteiger partial charge is 0.508 e. The molecule has 0 unspecified atom stereocenters. The van der Waals surface area contributed by atoms with Gasteiger partial charge in [-0.25, -0.2) is 19.9 Å². The van der Waals surface area contributed by atoms with Crippen molar-refractivity contribution in [2.24, 2.45) is 0 Å². The van der Waals surface area contributed by atoms with E-state index in [4.69, 9.17) is 25.2 Å². The van der Waals surface area contributed by atoms with E-state index >= 15 is 0 Å². The fraction of sp³-hybridized carbons (Fsp3) is 0.378. The first-order valence-electron chi connectivity index (χ1n) is 20.6. The average Bonchev–Trinajstić information content (AvgIpc) is 3.89. The number of rotatable bonds is 9. The van der Waals surface area contributed by atoms with E-state index in [2.05, 4.69) is 19.8 Å². The molecule has 4 N–H and O–H groups in total. The number of aromatic nitrogens is 4. The number of nitrogen functional groups attached to an aromatic ring is 1. The molecule has 2 amide bonds. The number of phenolic OH excluding ortho intramolecular Hbond substituents is 2. The van der Waals surface area contributed by atoms with Gasteiger partial charge < -0.3 is 40.1 Å². The molecule has 2 saturated heterocycles. The topological polar surface area (TPSA) is 184 Å². The Morgan fingerprint density at radius 2 is 1.55 bits per heavy atom. The Labute approximate surface area is 348 Å². The number of carbonyl (C=O) groups excluding carboxylic acids is 2. The minimum Gasteiger partial charge on any atom is -0.508 e. The number of nitrogens with zero attached hydrogens (tertiary/aromatic N) is 8. The Morgan fingerprint density at radius 1 is 0.833 bits per heavy atom. The number of piperidine rings is 1. The van der Waals surface area contributed by atoms with Crippen LogP contribution in [0.3, 0.4) is 0 Å². The van der Waals surface area contributed by atoms with Gasteiger partial charge in [-0.1, -0.05) is 32.0 Å². The van der Waals surface area contributed by atoms with E-state index in [-0.39, 0.29) is 46.8 Å². The summed E-state index contributed by atoms with van der Waals surface area (Å²) in [5.41, 5.74) is 12.8. The summed E-state index contributed by atoms with van der Waals surface area (Å²) in [5.74, 6) is 1.75. The number of amides is 2. The van der Waals surface area contributed by atoms with Gasteiger partial charge in [0.05, 0.1) is 43.1 Å². The van der Waals surface area contributed by atoms with Gasteiger partial charge >= 0.3 is 0 Å². The first-order chi connectivity index (χ1) is 29.1. The van der Waals surface area contributed by atoms with Crippen molar-refractivity contribution in [3.63, 3.8) is 0 Å². The van der Waals surface area contributed by atoms with Crippen LogP contribution in [0.25, 0.3) is 11.4 Å². The highest BCUT2D eigenvalue weighted by Crippen LogP contribution is 2.36. The lowest BCUT2D eigenvalue weighted by Gasteiger charge is -2.32. The van der Waals surface area contributed by atoms with Gasteiger partial charge in [0, 0.05) is 75.4 Å². The van der Waals surface area contributed by atoms with Crippen molar-refractivity contribution in [1.82, 2.24) is 34.6 Å². The van der Waals surface area contributed by atoms with Crippen LogP contribution in [0.1, 0.15) is 86.8 Å². The molecule has 5 aromatic rings.